The molecule has 1 saturated heterocycles. The van der Waals surface area contributed by atoms with Crippen molar-refractivity contribution in [2.24, 2.45) is 0 Å². The van der Waals surface area contributed by atoms with E-state index >= 15 is 0 Å². The third-order valence-corrected chi connectivity index (χ3v) is 8.90. The van der Waals surface area contributed by atoms with Gasteiger partial charge in [-0.05, 0) is 26.7 Å². The van der Waals surface area contributed by atoms with Gasteiger partial charge in [0.2, 0.25) is 0 Å². The van der Waals surface area contributed by atoms with E-state index in [1.165, 1.54) is 141 Å². The Balaban J connectivity index is 0. The minimum atomic E-state index is -0.953. The summed E-state index contributed by atoms with van der Waals surface area (Å²) in [5, 5.41) is 34.8. The Morgan fingerprint density at radius 3 is 1.28 bits per heavy atom. The molecule has 9 nitrogen and oxygen atoms in total. The molecule has 2 unspecified atom stereocenters. The van der Waals surface area contributed by atoms with Crippen molar-refractivity contribution in [2.75, 3.05) is 26.4 Å². The number of rotatable bonds is 32. The summed E-state index contributed by atoms with van der Waals surface area (Å²) in [6.07, 6.45) is 33.3. The molecule has 4 N–H and O–H groups in total. The molecule has 1 rings (SSSR count). The van der Waals surface area contributed by atoms with Gasteiger partial charge in [0.1, 0.15) is 18.8 Å². The van der Waals surface area contributed by atoms with Gasteiger partial charge in [-0.25, -0.2) is 0 Å². The minimum Gasteiger partial charge on any atom is -0.481 e. The van der Waals surface area contributed by atoms with E-state index in [1.807, 2.05) is 13.8 Å². The van der Waals surface area contributed by atoms with Gasteiger partial charge in [-0.3, -0.25) is 9.59 Å². The summed E-state index contributed by atoms with van der Waals surface area (Å²) in [6.45, 7) is 8.26. The average molecular weight is 719 g/mol. The van der Waals surface area contributed by atoms with Crippen LogP contribution in [0.3, 0.4) is 0 Å². The number of hydrogen-bond acceptors (Lipinski definition) is 8. The summed E-state index contributed by atoms with van der Waals surface area (Å²) in [7, 11) is 0. The second-order valence-electron chi connectivity index (χ2n) is 14.5. The Bertz CT molecular complexity index is 716. The van der Waals surface area contributed by atoms with E-state index in [1.54, 1.807) is 0 Å². The first-order chi connectivity index (χ1) is 24.1. The molecule has 2 atom stereocenters. The Kier molecular flexibility index (Phi) is 39.6. The van der Waals surface area contributed by atoms with Crippen LogP contribution in [0.25, 0.3) is 0 Å². The summed E-state index contributed by atoms with van der Waals surface area (Å²) < 4.78 is 15.2. The maximum absolute atomic E-state index is 11.3. The highest BCUT2D eigenvalue weighted by atomic mass is 16.7. The van der Waals surface area contributed by atoms with Crippen LogP contribution in [0.15, 0.2) is 0 Å². The number of aliphatic hydroxyl groups is 3. The van der Waals surface area contributed by atoms with Crippen molar-refractivity contribution in [1.82, 2.24) is 0 Å². The zero-order valence-electron chi connectivity index (χ0n) is 33.1. The summed E-state index contributed by atoms with van der Waals surface area (Å²) >= 11 is 0. The smallest absolute Gasteiger partial charge is 0.305 e. The van der Waals surface area contributed by atoms with Gasteiger partial charge in [-0.15, -0.1) is 0 Å². The van der Waals surface area contributed by atoms with Crippen LogP contribution in [-0.2, 0) is 23.8 Å². The van der Waals surface area contributed by atoms with E-state index in [4.69, 9.17) is 34.6 Å². The normalized spacial score (nSPS) is 15.5. The maximum Gasteiger partial charge on any atom is 0.305 e. The number of aliphatic carboxylic acids is 1. The predicted molar refractivity (Wildman–Crippen MR) is 204 cm³/mol. The zero-order chi connectivity index (χ0) is 37.6. The van der Waals surface area contributed by atoms with Crippen molar-refractivity contribution >= 4 is 11.9 Å². The molecule has 0 aromatic carbocycles. The first-order valence-electron chi connectivity index (χ1n) is 20.7. The number of carboxylic acid groups (broad SMARTS) is 1. The zero-order valence-corrected chi connectivity index (χ0v) is 33.1. The third-order valence-electron chi connectivity index (χ3n) is 8.90. The molecule has 1 fully saturated rings. The van der Waals surface area contributed by atoms with Crippen LogP contribution in [-0.4, -0.2) is 76.8 Å². The Morgan fingerprint density at radius 2 is 1.00 bits per heavy atom. The quantitative estimate of drug-likeness (QED) is 0.0395. The van der Waals surface area contributed by atoms with Crippen molar-refractivity contribution in [2.45, 2.75) is 225 Å². The monoisotopic (exact) mass is 719 g/mol. The first kappa shape index (κ1) is 50.8. The highest BCUT2D eigenvalue weighted by Crippen LogP contribution is 2.21. The van der Waals surface area contributed by atoms with Gasteiger partial charge < -0.3 is 34.6 Å². The molecule has 0 radical (unpaired) electrons. The van der Waals surface area contributed by atoms with Crippen molar-refractivity contribution in [3.63, 3.8) is 0 Å². The number of ether oxygens (including phenoxy) is 3. The van der Waals surface area contributed by atoms with Crippen LogP contribution >= 0.6 is 0 Å². The highest BCUT2D eigenvalue weighted by Gasteiger charge is 2.31. The molecule has 1 aliphatic rings. The van der Waals surface area contributed by atoms with Gasteiger partial charge in [-0.1, -0.05) is 168 Å². The fourth-order valence-corrected chi connectivity index (χ4v) is 5.75. The van der Waals surface area contributed by atoms with E-state index < -0.39 is 17.9 Å². The SMILES string of the molecule is CC1(C)OCC(CO)O1.CCCCCCCCCCCCCCCC(=O)O.CCCCCCCCCCCCCCCC(=O)OCC(O)CO. The largest absolute Gasteiger partial charge is 0.481 e. The number of esters is 1. The first-order valence-corrected chi connectivity index (χ1v) is 20.7. The van der Waals surface area contributed by atoms with Crippen LogP contribution in [0, 0.1) is 0 Å². The van der Waals surface area contributed by atoms with Crippen molar-refractivity contribution in [3.05, 3.63) is 0 Å². The predicted octanol–water partition coefficient (Wildman–Crippen LogP) is 10.0. The highest BCUT2D eigenvalue weighted by molar-refractivity contribution is 5.69. The fourth-order valence-electron chi connectivity index (χ4n) is 5.75. The summed E-state index contributed by atoms with van der Waals surface area (Å²) in [4.78, 5) is 21.7. The van der Waals surface area contributed by atoms with Gasteiger partial charge in [-0.2, -0.15) is 0 Å². The number of carbonyl (C=O) groups excluding carboxylic acids is 1. The number of carbonyl (C=O) groups is 2. The van der Waals surface area contributed by atoms with Crippen molar-refractivity contribution in [3.8, 4) is 0 Å². The Hall–Kier alpha value is -1.26. The molecule has 300 valence electrons. The molecule has 0 amide bonds. The number of aliphatic hydroxyl groups excluding tert-OH is 3. The van der Waals surface area contributed by atoms with Crippen LogP contribution in [0.4, 0.5) is 0 Å². The summed E-state index contributed by atoms with van der Waals surface area (Å²) in [5.41, 5.74) is 0. The lowest BCUT2D eigenvalue weighted by atomic mass is 10.0. The van der Waals surface area contributed by atoms with Gasteiger partial charge in [0.25, 0.3) is 0 Å². The van der Waals surface area contributed by atoms with Crippen LogP contribution in [0.5, 0.6) is 0 Å². The molecule has 1 aliphatic heterocycles. The number of hydrogen-bond donors (Lipinski definition) is 4. The molecule has 0 aliphatic carbocycles. The van der Waals surface area contributed by atoms with Crippen molar-refractivity contribution < 1.29 is 44.2 Å². The lowest BCUT2D eigenvalue weighted by molar-refractivity contribution is -0.147. The van der Waals surface area contributed by atoms with E-state index in [2.05, 4.69) is 13.8 Å². The lowest BCUT2D eigenvalue weighted by Gasteiger charge is -2.15. The molecule has 1 heterocycles. The topological polar surface area (TPSA) is 143 Å². The molecule has 0 aromatic rings. The molecular formula is C41H82O9. The van der Waals surface area contributed by atoms with E-state index in [0.29, 0.717) is 19.4 Å². The molecule has 50 heavy (non-hydrogen) atoms. The van der Waals surface area contributed by atoms with Crippen LogP contribution < -0.4 is 0 Å². The Morgan fingerprint density at radius 1 is 0.640 bits per heavy atom. The summed E-state index contributed by atoms with van der Waals surface area (Å²) in [5.74, 6) is -1.42. The molecule has 0 aromatic heterocycles. The molecular weight excluding hydrogens is 636 g/mol. The van der Waals surface area contributed by atoms with Crippen molar-refractivity contribution in [1.29, 1.82) is 0 Å². The Labute approximate surface area is 307 Å². The molecule has 9 heteroatoms. The molecule has 0 saturated carbocycles. The second kappa shape index (κ2) is 39.0. The molecule has 0 bridgehead atoms. The average Bonchev–Trinajstić information content (AvgIpc) is 3.46. The van der Waals surface area contributed by atoms with Gasteiger partial charge in [0, 0.05) is 12.8 Å². The minimum absolute atomic E-state index is 0.0451. The fraction of sp³-hybridized carbons (Fsp3) is 0.951. The molecule has 0 spiro atoms. The van der Waals surface area contributed by atoms with E-state index in [-0.39, 0.29) is 31.9 Å². The van der Waals surface area contributed by atoms with E-state index in [0.717, 1.165) is 25.7 Å². The number of unbranched alkanes of at least 4 members (excludes halogenated alkanes) is 24. The van der Waals surface area contributed by atoms with Gasteiger partial charge in [0.05, 0.1) is 19.8 Å². The standard InChI is InChI=1S/C19H38O4.C16H32O2.C6H12O3/c1-2-3-4-5-6-7-8-9-10-11-12-13-14-15-19(22)23-17-18(21)16-20;1-2-3-4-5-6-7-8-9-10-11-12-13-14-15-16(17)18;1-6(2)8-4-5(3-7)9-6/h18,20-21H,2-17H2,1H3;2-15H2,1H3,(H,17,18);5,7H,3-4H2,1-2H3. The second-order valence-corrected chi connectivity index (χ2v) is 14.5. The maximum atomic E-state index is 11.3. The lowest BCUT2D eigenvalue weighted by Crippen LogP contribution is -2.22. The van der Waals surface area contributed by atoms with Gasteiger partial charge in [0.15, 0.2) is 5.79 Å². The van der Waals surface area contributed by atoms with E-state index in [9.17, 15) is 9.59 Å². The van der Waals surface area contributed by atoms with Crippen LogP contribution in [0.2, 0.25) is 0 Å². The van der Waals surface area contributed by atoms with Crippen LogP contribution in [0.1, 0.15) is 207 Å². The third kappa shape index (κ3) is 41.2. The number of carboxylic acids is 1. The summed E-state index contributed by atoms with van der Waals surface area (Å²) in [6, 6.07) is 0. The van der Waals surface area contributed by atoms with Gasteiger partial charge >= 0.3 is 11.9 Å².